The maximum atomic E-state index is 6.29. The normalized spacial score (nSPS) is 11.0. The van der Waals surface area contributed by atoms with Crippen LogP contribution in [0, 0.1) is 0 Å². The van der Waals surface area contributed by atoms with Crippen LogP contribution in [0.5, 0.6) is 0 Å². The summed E-state index contributed by atoms with van der Waals surface area (Å²) in [7, 11) is 0. The third-order valence-electron chi connectivity index (χ3n) is 3.16. The van der Waals surface area contributed by atoms with Crippen LogP contribution in [0.1, 0.15) is 5.56 Å². The topological polar surface area (TPSA) is 51.8 Å². The first-order valence-corrected chi connectivity index (χ1v) is 7.83. The number of nitrogens with two attached hydrogens (primary N) is 1. The van der Waals surface area contributed by atoms with Gasteiger partial charge in [-0.15, -0.1) is 0 Å². The van der Waals surface area contributed by atoms with Gasteiger partial charge in [0.25, 0.3) is 0 Å². The molecule has 21 heavy (non-hydrogen) atoms. The summed E-state index contributed by atoms with van der Waals surface area (Å²) in [5.74, 6) is 0. The van der Waals surface area contributed by atoms with Crippen molar-refractivity contribution < 1.29 is 0 Å². The van der Waals surface area contributed by atoms with E-state index in [1.165, 1.54) is 0 Å². The molecule has 0 aliphatic rings. The molecule has 3 aromatic rings. The van der Waals surface area contributed by atoms with Gasteiger partial charge >= 0.3 is 0 Å². The summed E-state index contributed by atoms with van der Waals surface area (Å²) in [5.41, 5.74) is 7.60. The molecule has 0 fully saturated rings. The lowest BCUT2D eigenvalue weighted by molar-refractivity contribution is 0.966. The predicted molar refractivity (Wildman–Crippen MR) is 87.9 cm³/mol. The van der Waals surface area contributed by atoms with E-state index in [1.807, 2.05) is 36.4 Å². The molecule has 2 aromatic carbocycles. The Morgan fingerprint density at radius 2 is 1.95 bits per heavy atom. The van der Waals surface area contributed by atoms with Crippen molar-refractivity contribution >= 4 is 34.3 Å². The number of benzene rings is 2. The second-order valence-corrected chi connectivity index (χ2v) is 6.06. The molecule has 0 spiro atoms. The van der Waals surface area contributed by atoms with Gasteiger partial charge in [0.15, 0.2) is 0 Å². The smallest absolute Gasteiger partial charge is 0.117 e. The van der Waals surface area contributed by atoms with Gasteiger partial charge < -0.3 is 5.73 Å². The molecule has 0 amide bonds. The molecule has 5 heteroatoms. The number of fused-ring (bicyclic) bond motifs is 1. The van der Waals surface area contributed by atoms with Crippen LogP contribution in [-0.4, -0.2) is 16.5 Å². The van der Waals surface area contributed by atoms with Crippen molar-refractivity contribution in [3.8, 4) is 0 Å². The van der Waals surface area contributed by atoms with Gasteiger partial charge in [-0.05, 0) is 36.7 Å². The second-order valence-electron chi connectivity index (χ2n) is 4.59. The molecule has 0 radical (unpaired) electrons. The highest BCUT2D eigenvalue weighted by atomic mass is 35.5. The Morgan fingerprint density at radius 3 is 2.76 bits per heavy atom. The Kier molecular flexibility index (Phi) is 4.39. The quantitative estimate of drug-likeness (QED) is 0.741. The zero-order chi connectivity index (χ0) is 14.7. The summed E-state index contributed by atoms with van der Waals surface area (Å²) in [5, 5.41) is 2.74. The number of hydrogen-bond donors (Lipinski definition) is 1. The zero-order valence-electron chi connectivity index (χ0n) is 11.3. The fourth-order valence-electron chi connectivity index (χ4n) is 2.12. The molecule has 3 nitrogen and oxygen atoms in total. The molecular formula is C16H14ClN3S. The third kappa shape index (κ3) is 3.18. The van der Waals surface area contributed by atoms with Crippen molar-refractivity contribution in [2.75, 3.05) is 6.54 Å². The molecule has 0 saturated heterocycles. The number of hydrogen-bond acceptors (Lipinski definition) is 4. The maximum Gasteiger partial charge on any atom is 0.117 e. The van der Waals surface area contributed by atoms with E-state index in [0.29, 0.717) is 6.54 Å². The Balaban J connectivity index is 1.93. The highest BCUT2D eigenvalue weighted by Crippen LogP contribution is 2.33. The van der Waals surface area contributed by atoms with E-state index in [4.69, 9.17) is 17.3 Å². The van der Waals surface area contributed by atoms with Gasteiger partial charge in [-0.2, -0.15) is 0 Å². The molecule has 1 aromatic heterocycles. The summed E-state index contributed by atoms with van der Waals surface area (Å²) in [6, 6.07) is 14.0. The van der Waals surface area contributed by atoms with E-state index in [0.717, 1.165) is 37.8 Å². The fourth-order valence-corrected chi connectivity index (χ4v) is 3.38. The first-order chi connectivity index (χ1) is 10.3. The average molecular weight is 316 g/mol. The highest BCUT2D eigenvalue weighted by Gasteiger charge is 2.07. The molecule has 0 aliphatic heterocycles. The van der Waals surface area contributed by atoms with Gasteiger partial charge in [0, 0.05) is 15.3 Å². The molecular weight excluding hydrogens is 302 g/mol. The Hall–Kier alpha value is -1.62. The van der Waals surface area contributed by atoms with Crippen molar-refractivity contribution in [2.24, 2.45) is 5.73 Å². The molecule has 106 valence electrons. The number of aromatic nitrogens is 2. The predicted octanol–water partition coefficient (Wildman–Crippen LogP) is 3.94. The number of nitrogens with zero attached hydrogens (tertiary/aromatic N) is 2. The van der Waals surface area contributed by atoms with Crippen molar-refractivity contribution in [2.45, 2.75) is 16.3 Å². The van der Waals surface area contributed by atoms with E-state index in [1.54, 1.807) is 18.1 Å². The Labute approximate surface area is 132 Å². The van der Waals surface area contributed by atoms with Crippen LogP contribution in [0.25, 0.3) is 10.9 Å². The van der Waals surface area contributed by atoms with Gasteiger partial charge in [-0.3, -0.25) is 0 Å². The van der Waals surface area contributed by atoms with Gasteiger partial charge in [0.05, 0.1) is 5.52 Å². The molecule has 0 unspecified atom stereocenters. The second kappa shape index (κ2) is 6.43. The van der Waals surface area contributed by atoms with E-state index >= 15 is 0 Å². The summed E-state index contributed by atoms with van der Waals surface area (Å²) in [4.78, 5) is 9.71. The van der Waals surface area contributed by atoms with Crippen LogP contribution < -0.4 is 5.73 Å². The largest absolute Gasteiger partial charge is 0.330 e. The van der Waals surface area contributed by atoms with Crippen molar-refractivity contribution in [3.05, 3.63) is 59.4 Å². The monoisotopic (exact) mass is 315 g/mol. The van der Waals surface area contributed by atoms with Gasteiger partial charge in [-0.25, -0.2) is 9.97 Å². The Morgan fingerprint density at radius 1 is 1.10 bits per heavy atom. The van der Waals surface area contributed by atoms with Gasteiger partial charge in [0.1, 0.15) is 11.4 Å². The van der Waals surface area contributed by atoms with Crippen molar-refractivity contribution in [3.63, 3.8) is 0 Å². The van der Waals surface area contributed by atoms with E-state index in [9.17, 15) is 0 Å². The number of halogens is 1. The first kappa shape index (κ1) is 14.3. The van der Waals surface area contributed by atoms with Crippen LogP contribution in [0.15, 0.2) is 58.7 Å². The van der Waals surface area contributed by atoms with Crippen LogP contribution in [-0.2, 0) is 6.42 Å². The minimum absolute atomic E-state index is 0.600. The van der Waals surface area contributed by atoms with Crippen LogP contribution >= 0.6 is 23.4 Å². The number of rotatable bonds is 4. The van der Waals surface area contributed by atoms with E-state index in [2.05, 4.69) is 16.0 Å². The number of para-hydroxylation sites is 1. The molecule has 0 atom stereocenters. The summed E-state index contributed by atoms with van der Waals surface area (Å²) < 4.78 is 0. The van der Waals surface area contributed by atoms with Crippen LogP contribution in [0.3, 0.4) is 0 Å². The molecule has 3 rings (SSSR count). The van der Waals surface area contributed by atoms with Crippen LogP contribution in [0.2, 0.25) is 5.02 Å². The molecule has 2 N–H and O–H groups in total. The summed E-state index contributed by atoms with van der Waals surface area (Å²) in [6.45, 7) is 0.600. The van der Waals surface area contributed by atoms with Crippen molar-refractivity contribution in [1.29, 1.82) is 0 Å². The SMILES string of the molecule is NCCc1ccc(Sc2ncnc3ccccc23)cc1Cl. The maximum absolute atomic E-state index is 6.29. The molecule has 0 saturated carbocycles. The summed E-state index contributed by atoms with van der Waals surface area (Å²) >= 11 is 7.88. The Bertz CT molecular complexity index is 771. The standard InChI is InChI=1S/C16H14ClN3S/c17-14-9-12(6-5-11(14)7-8-18)21-16-13-3-1-2-4-15(13)19-10-20-16/h1-6,9-10H,7-8,18H2. The molecule has 0 aliphatic carbocycles. The van der Waals surface area contributed by atoms with Crippen LogP contribution in [0.4, 0.5) is 0 Å². The van der Waals surface area contributed by atoms with E-state index < -0.39 is 0 Å². The first-order valence-electron chi connectivity index (χ1n) is 6.64. The molecule has 1 heterocycles. The zero-order valence-corrected chi connectivity index (χ0v) is 12.9. The lowest BCUT2D eigenvalue weighted by Crippen LogP contribution is -2.03. The van der Waals surface area contributed by atoms with Gasteiger partial charge in [0.2, 0.25) is 0 Å². The van der Waals surface area contributed by atoms with Crippen molar-refractivity contribution in [1.82, 2.24) is 9.97 Å². The van der Waals surface area contributed by atoms with Gasteiger partial charge in [-0.1, -0.05) is 47.6 Å². The highest BCUT2D eigenvalue weighted by molar-refractivity contribution is 7.99. The fraction of sp³-hybridized carbons (Fsp3) is 0.125. The minimum Gasteiger partial charge on any atom is -0.330 e. The average Bonchev–Trinajstić information content (AvgIpc) is 2.51. The minimum atomic E-state index is 0.600. The summed E-state index contributed by atoms with van der Waals surface area (Å²) in [6.07, 6.45) is 2.38. The lowest BCUT2D eigenvalue weighted by Gasteiger charge is -2.07. The lowest BCUT2D eigenvalue weighted by atomic mass is 10.1. The molecule has 0 bridgehead atoms. The third-order valence-corrected chi connectivity index (χ3v) is 4.52. The van der Waals surface area contributed by atoms with E-state index in [-0.39, 0.29) is 0 Å².